The van der Waals surface area contributed by atoms with E-state index in [1.54, 1.807) is 16.3 Å². The predicted molar refractivity (Wildman–Crippen MR) is 97.3 cm³/mol. The van der Waals surface area contributed by atoms with Crippen molar-refractivity contribution in [3.8, 4) is 0 Å². The lowest BCUT2D eigenvalue weighted by Gasteiger charge is -2.16. The molecule has 1 unspecified atom stereocenters. The summed E-state index contributed by atoms with van der Waals surface area (Å²) in [6, 6.07) is 7.15. The second kappa shape index (κ2) is 8.47. The van der Waals surface area contributed by atoms with Crippen LogP contribution in [0.3, 0.4) is 0 Å². The minimum atomic E-state index is -0.626. The van der Waals surface area contributed by atoms with Crippen LogP contribution in [0.5, 0.6) is 0 Å². The monoisotopic (exact) mass is 370 g/mol. The van der Waals surface area contributed by atoms with Crippen LogP contribution in [0.25, 0.3) is 10.2 Å². The van der Waals surface area contributed by atoms with Crippen LogP contribution in [0.15, 0.2) is 24.3 Å². The largest absolute Gasteiger partial charge is 0.442 e. The van der Waals surface area contributed by atoms with Crippen LogP contribution in [0.2, 0.25) is 0 Å². The van der Waals surface area contributed by atoms with Gasteiger partial charge in [0.25, 0.3) is 0 Å². The summed E-state index contributed by atoms with van der Waals surface area (Å²) in [4.78, 5) is 23.5. The lowest BCUT2D eigenvalue weighted by Crippen LogP contribution is -2.41. The number of thioether (sulfide) groups is 1. The number of thiazole rings is 1. The molecule has 0 bridgehead atoms. The standard InChI is InChI=1S/C15H18N2O3S3/c1-10(18)16-11(7-8-22-2)14(19)20-9-17-12-5-3-4-6-13(12)23-15(17)21/h3-6,11H,7-9H2,1-2H3,(H,16,18). The fraction of sp³-hybridized carbons (Fsp3) is 0.400. The molecule has 5 nitrogen and oxygen atoms in total. The molecule has 8 heteroatoms. The molecule has 1 N–H and O–H groups in total. The lowest BCUT2D eigenvalue weighted by molar-refractivity contribution is -0.151. The number of benzene rings is 1. The topological polar surface area (TPSA) is 60.3 Å². The maximum absolute atomic E-state index is 12.2. The van der Waals surface area contributed by atoms with E-state index < -0.39 is 12.0 Å². The summed E-state index contributed by atoms with van der Waals surface area (Å²) in [6.07, 6.45) is 2.49. The highest BCUT2D eigenvalue weighted by molar-refractivity contribution is 7.98. The highest BCUT2D eigenvalue weighted by Crippen LogP contribution is 2.22. The van der Waals surface area contributed by atoms with E-state index in [-0.39, 0.29) is 12.6 Å². The SMILES string of the molecule is CSCCC(NC(C)=O)C(=O)OCn1c(=S)sc2ccccc21. The molecule has 0 saturated heterocycles. The van der Waals surface area contributed by atoms with E-state index in [9.17, 15) is 9.59 Å². The van der Waals surface area contributed by atoms with E-state index in [0.29, 0.717) is 10.4 Å². The first-order valence-corrected chi connectivity index (χ1v) is 9.66. The van der Waals surface area contributed by atoms with Crippen LogP contribution in [-0.4, -0.2) is 34.5 Å². The van der Waals surface area contributed by atoms with E-state index in [2.05, 4.69) is 5.32 Å². The summed E-state index contributed by atoms with van der Waals surface area (Å²) < 4.78 is 8.86. The number of amides is 1. The maximum atomic E-state index is 12.2. The number of ether oxygens (including phenoxy) is 1. The molecular weight excluding hydrogens is 352 g/mol. The number of hydrogen-bond acceptors (Lipinski definition) is 6. The third-order valence-corrected chi connectivity index (χ3v) is 5.26. The van der Waals surface area contributed by atoms with E-state index in [4.69, 9.17) is 17.0 Å². The van der Waals surface area contributed by atoms with E-state index >= 15 is 0 Å². The molecule has 0 aliphatic carbocycles. The summed E-state index contributed by atoms with van der Waals surface area (Å²) in [7, 11) is 0. The Morgan fingerprint density at radius 2 is 2.17 bits per heavy atom. The van der Waals surface area contributed by atoms with Gasteiger partial charge in [-0.3, -0.25) is 9.36 Å². The zero-order valence-electron chi connectivity index (χ0n) is 12.9. The molecule has 124 valence electrons. The first-order chi connectivity index (χ1) is 11.0. The summed E-state index contributed by atoms with van der Waals surface area (Å²) >= 11 is 8.42. The highest BCUT2D eigenvalue weighted by Gasteiger charge is 2.21. The van der Waals surface area contributed by atoms with Gasteiger partial charge in [-0.1, -0.05) is 12.1 Å². The molecule has 1 aromatic heterocycles. The van der Waals surface area contributed by atoms with Crippen LogP contribution in [0.1, 0.15) is 13.3 Å². The first-order valence-electron chi connectivity index (χ1n) is 7.04. The molecule has 1 aromatic carbocycles. The molecule has 0 aliphatic heterocycles. The van der Waals surface area contributed by atoms with Gasteiger partial charge in [0.2, 0.25) is 5.91 Å². The predicted octanol–water partition coefficient (Wildman–Crippen LogP) is 3.19. The molecule has 1 amide bonds. The van der Waals surface area contributed by atoms with Crippen LogP contribution in [0.4, 0.5) is 0 Å². The normalized spacial score (nSPS) is 12.1. The Bertz CT molecular complexity index is 754. The maximum Gasteiger partial charge on any atom is 0.330 e. The van der Waals surface area contributed by atoms with Crippen molar-refractivity contribution in [1.82, 2.24) is 9.88 Å². The Hall–Kier alpha value is -1.38. The van der Waals surface area contributed by atoms with Crippen molar-refractivity contribution in [1.29, 1.82) is 0 Å². The second-order valence-electron chi connectivity index (χ2n) is 4.89. The van der Waals surface area contributed by atoms with Crippen LogP contribution < -0.4 is 5.32 Å². The van der Waals surface area contributed by atoms with Gasteiger partial charge in [0.15, 0.2) is 10.7 Å². The molecule has 2 aromatic rings. The first kappa shape index (κ1) is 18.0. The number of nitrogens with one attached hydrogen (secondary N) is 1. The molecule has 0 saturated carbocycles. The minimum Gasteiger partial charge on any atom is -0.442 e. The van der Waals surface area contributed by atoms with Crippen molar-refractivity contribution in [2.75, 3.05) is 12.0 Å². The summed E-state index contributed by atoms with van der Waals surface area (Å²) in [6.45, 7) is 1.44. The number of carbonyl (C=O) groups is 2. The molecule has 0 spiro atoms. The number of nitrogens with zero attached hydrogens (tertiary/aromatic N) is 1. The number of rotatable bonds is 7. The fourth-order valence-corrected chi connectivity index (χ4v) is 3.87. The number of esters is 1. The fourth-order valence-electron chi connectivity index (χ4n) is 2.09. The van der Waals surface area contributed by atoms with Gasteiger partial charge in [0, 0.05) is 6.92 Å². The number of fused-ring (bicyclic) bond motifs is 1. The van der Waals surface area contributed by atoms with Crippen LogP contribution in [-0.2, 0) is 21.1 Å². The van der Waals surface area contributed by atoms with Crippen molar-refractivity contribution in [2.45, 2.75) is 26.1 Å². The number of para-hydroxylation sites is 1. The quantitative estimate of drug-likeness (QED) is 0.599. The van der Waals surface area contributed by atoms with Gasteiger partial charge in [0.05, 0.1) is 10.2 Å². The molecule has 2 rings (SSSR count). The summed E-state index contributed by atoms with van der Waals surface area (Å²) in [5, 5.41) is 2.64. The third-order valence-electron chi connectivity index (χ3n) is 3.18. The Morgan fingerprint density at radius 1 is 1.43 bits per heavy atom. The van der Waals surface area contributed by atoms with E-state index in [1.807, 2.05) is 30.5 Å². The number of hydrogen-bond donors (Lipinski definition) is 1. The molecule has 1 heterocycles. The molecule has 0 fully saturated rings. The highest BCUT2D eigenvalue weighted by atomic mass is 32.2. The van der Waals surface area contributed by atoms with E-state index in [1.165, 1.54) is 18.3 Å². The van der Waals surface area contributed by atoms with Crippen molar-refractivity contribution in [2.24, 2.45) is 0 Å². The van der Waals surface area contributed by atoms with Gasteiger partial charge in [0.1, 0.15) is 6.04 Å². The van der Waals surface area contributed by atoms with Crippen molar-refractivity contribution in [3.05, 3.63) is 28.2 Å². The van der Waals surface area contributed by atoms with Crippen LogP contribution >= 0.6 is 35.3 Å². The van der Waals surface area contributed by atoms with Gasteiger partial charge >= 0.3 is 5.97 Å². The van der Waals surface area contributed by atoms with Gasteiger partial charge < -0.3 is 10.1 Å². The molecule has 23 heavy (non-hydrogen) atoms. The third kappa shape index (κ3) is 4.79. The molecular formula is C15H18N2O3S3. The smallest absolute Gasteiger partial charge is 0.330 e. The van der Waals surface area contributed by atoms with Crippen molar-refractivity contribution in [3.63, 3.8) is 0 Å². The Labute approximate surface area is 148 Å². The van der Waals surface area contributed by atoms with Gasteiger partial charge in [-0.2, -0.15) is 11.8 Å². The van der Waals surface area contributed by atoms with E-state index in [0.717, 1.165) is 16.0 Å². The zero-order valence-corrected chi connectivity index (χ0v) is 15.4. The Balaban J connectivity index is 2.07. The lowest BCUT2D eigenvalue weighted by atomic mass is 10.2. The Kier molecular flexibility index (Phi) is 6.61. The molecule has 1 atom stereocenters. The zero-order chi connectivity index (χ0) is 16.8. The van der Waals surface area contributed by atoms with Crippen LogP contribution in [0, 0.1) is 3.95 Å². The Morgan fingerprint density at radius 3 is 2.87 bits per heavy atom. The summed E-state index contributed by atoms with van der Waals surface area (Å²) in [5.74, 6) is 0.0815. The van der Waals surface area contributed by atoms with Gasteiger partial charge in [-0.05, 0) is 42.8 Å². The van der Waals surface area contributed by atoms with Crippen molar-refractivity contribution >= 4 is 57.4 Å². The molecule has 0 radical (unpaired) electrons. The summed E-state index contributed by atoms with van der Waals surface area (Å²) in [5.41, 5.74) is 0.940. The van der Waals surface area contributed by atoms with Gasteiger partial charge in [-0.15, -0.1) is 11.3 Å². The average molecular weight is 371 g/mol. The number of carbonyl (C=O) groups excluding carboxylic acids is 2. The second-order valence-corrected chi connectivity index (χ2v) is 7.55. The molecule has 0 aliphatic rings. The average Bonchev–Trinajstić information content (AvgIpc) is 2.84. The minimum absolute atomic E-state index is 0.0526. The number of aromatic nitrogens is 1. The van der Waals surface area contributed by atoms with Crippen molar-refractivity contribution < 1.29 is 14.3 Å². The van der Waals surface area contributed by atoms with Gasteiger partial charge in [-0.25, -0.2) is 4.79 Å².